The summed E-state index contributed by atoms with van der Waals surface area (Å²) < 4.78 is 53.4. The average Bonchev–Trinajstić information content (AvgIpc) is 2.68. The molecule has 0 saturated heterocycles. The molecule has 0 heterocycles. The maximum absolute atomic E-state index is 12.8. The molecule has 1 atom stereocenters. The van der Waals surface area contributed by atoms with Crippen molar-refractivity contribution in [2.45, 2.75) is 19.2 Å². The van der Waals surface area contributed by atoms with E-state index in [4.69, 9.17) is 14.2 Å². The number of esters is 1. The number of rotatable bonds is 8. The van der Waals surface area contributed by atoms with E-state index in [0.717, 1.165) is 12.1 Å². The summed E-state index contributed by atoms with van der Waals surface area (Å²) in [7, 11) is 1.48. The number of benzene rings is 2. The van der Waals surface area contributed by atoms with Crippen LogP contribution >= 0.6 is 0 Å². The van der Waals surface area contributed by atoms with E-state index in [-0.39, 0.29) is 24.5 Å². The Hall–Kier alpha value is -3.07. The van der Waals surface area contributed by atoms with Gasteiger partial charge in [-0.2, -0.15) is 13.2 Å². The lowest BCUT2D eigenvalue weighted by molar-refractivity contribution is -0.152. The maximum Gasteiger partial charge on any atom is 0.416 e. The smallest absolute Gasteiger partial charge is 0.416 e. The Labute approximate surface area is 165 Å². The predicted molar refractivity (Wildman–Crippen MR) is 98.8 cm³/mol. The van der Waals surface area contributed by atoms with Crippen molar-refractivity contribution in [1.82, 2.24) is 0 Å². The van der Waals surface area contributed by atoms with E-state index in [2.05, 4.69) is 5.32 Å². The van der Waals surface area contributed by atoms with E-state index in [1.54, 1.807) is 0 Å². The number of amides is 1. The van der Waals surface area contributed by atoms with Crippen molar-refractivity contribution >= 4 is 17.6 Å². The molecule has 0 aliphatic carbocycles. The Kier molecular flexibility index (Phi) is 7.60. The molecular weight excluding hydrogens is 391 g/mol. The molecule has 9 heteroatoms. The number of nitrogens with one attached hydrogen (secondary N) is 1. The molecule has 1 unspecified atom stereocenters. The number of anilines is 1. The zero-order valence-electron chi connectivity index (χ0n) is 15.8. The van der Waals surface area contributed by atoms with Gasteiger partial charge in [0.2, 0.25) is 0 Å². The van der Waals surface area contributed by atoms with Gasteiger partial charge in [0, 0.05) is 18.4 Å². The lowest BCUT2D eigenvalue weighted by Crippen LogP contribution is -2.27. The molecule has 2 aromatic rings. The van der Waals surface area contributed by atoms with Crippen LogP contribution in [-0.4, -0.2) is 38.3 Å². The van der Waals surface area contributed by atoms with Crippen LogP contribution in [-0.2, 0) is 20.4 Å². The van der Waals surface area contributed by atoms with E-state index in [9.17, 15) is 22.8 Å². The fourth-order valence-electron chi connectivity index (χ4n) is 2.26. The summed E-state index contributed by atoms with van der Waals surface area (Å²) in [5.41, 5.74) is -0.618. The van der Waals surface area contributed by atoms with Gasteiger partial charge in [-0.15, -0.1) is 0 Å². The Morgan fingerprint density at radius 1 is 1.07 bits per heavy atom. The minimum Gasteiger partial charge on any atom is -0.479 e. The predicted octanol–water partition coefficient (Wildman–Crippen LogP) is 3.91. The van der Waals surface area contributed by atoms with Gasteiger partial charge in [0.25, 0.3) is 5.91 Å². The van der Waals surface area contributed by atoms with Crippen molar-refractivity contribution in [3.05, 3.63) is 59.7 Å². The highest BCUT2D eigenvalue weighted by molar-refractivity contribution is 6.04. The third-order valence-electron chi connectivity index (χ3n) is 3.74. The molecule has 0 aromatic heterocycles. The molecule has 0 fully saturated rings. The van der Waals surface area contributed by atoms with Gasteiger partial charge in [-0.25, -0.2) is 4.79 Å². The number of hydrogen-bond acceptors (Lipinski definition) is 5. The van der Waals surface area contributed by atoms with Gasteiger partial charge < -0.3 is 19.5 Å². The first kappa shape index (κ1) is 22.2. The van der Waals surface area contributed by atoms with Crippen molar-refractivity contribution in [3.63, 3.8) is 0 Å². The Morgan fingerprint density at radius 2 is 1.76 bits per heavy atom. The summed E-state index contributed by atoms with van der Waals surface area (Å²) >= 11 is 0. The van der Waals surface area contributed by atoms with Crippen molar-refractivity contribution in [3.8, 4) is 5.75 Å². The first-order valence-corrected chi connectivity index (χ1v) is 8.61. The number of ether oxygens (including phenoxy) is 3. The molecule has 6 nitrogen and oxygen atoms in total. The molecule has 1 amide bonds. The van der Waals surface area contributed by atoms with Crippen LogP contribution in [0.5, 0.6) is 5.75 Å². The van der Waals surface area contributed by atoms with Crippen molar-refractivity contribution in [2.24, 2.45) is 0 Å². The van der Waals surface area contributed by atoms with Crippen LogP contribution in [0, 0.1) is 0 Å². The zero-order valence-corrected chi connectivity index (χ0v) is 15.8. The number of alkyl halides is 3. The summed E-state index contributed by atoms with van der Waals surface area (Å²) in [6, 6.07) is 10.2. The standard InChI is InChI=1S/C20H20F3NO5/c1-13(19(26)28-11-10-27-2)29-17-8-6-14(7-9-17)18(25)24-16-5-3-4-15(12-16)20(21,22)23/h3-9,12-13H,10-11H2,1-2H3,(H,24,25). The van der Waals surface area contributed by atoms with E-state index < -0.39 is 29.7 Å². The summed E-state index contributed by atoms with van der Waals surface area (Å²) in [5, 5.41) is 2.41. The molecule has 1 N–H and O–H groups in total. The van der Waals surface area contributed by atoms with Gasteiger partial charge in [0.15, 0.2) is 6.10 Å². The summed E-state index contributed by atoms with van der Waals surface area (Å²) in [4.78, 5) is 24.0. The second kappa shape index (κ2) is 9.92. The molecule has 156 valence electrons. The van der Waals surface area contributed by atoms with Crippen molar-refractivity contribution < 1.29 is 37.0 Å². The molecule has 0 radical (unpaired) electrons. The molecule has 0 bridgehead atoms. The number of carbonyl (C=O) groups is 2. The van der Waals surface area contributed by atoms with Crippen LogP contribution in [0.15, 0.2) is 48.5 Å². The number of carbonyl (C=O) groups excluding carboxylic acids is 2. The molecule has 0 saturated carbocycles. The van der Waals surface area contributed by atoms with E-state index in [1.807, 2.05) is 0 Å². The SMILES string of the molecule is COCCOC(=O)C(C)Oc1ccc(C(=O)Nc2cccc(C(F)(F)F)c2)cc1. The van der Waals surface area contributed by atoms with Crippen molar-refractivity contribution in [1.29, 1.82) is 0 Å². The van der Waals surface area contributed by atoms with Crippen LogP contribution in [0.4, 0.5) is 18.9 Å². The highest BCUT2D eigenvalue weighted by Gasteiger charge is 2.30. The molecule has 29 heavy (non-hydrogen) atoms. The highest BCUT2D eigenvalue weighted by atomic mass is 19.4. The van der Waals surface area contributed by atoms with E-state index >= 15 is 0 Å². The largest absolute Gasteiger partial charge is 0.479 e. The lowest BCUT2D eigenvalue weighted by atomic mass is 10.1. The topological polar surface area (TPSA) is 73.9 Å². The second-order valence-corrected chi connectivity index (χ2v) is 5.98. The van der Waals surface area contributed by atoms with Gasteiger partial charge >= 0.3 is 12.1 Å². The van der Waals surface area contributed by atoms with Crippen LogP contribution in [0.1, 0.15) is 22.8 Å². The molecule has 0 aliphatic heterocycles. The first-order chi connectivity index (χ1) is 13.7. The second-order valence-electron chi connectivity index (χ2n) is 5.98. The molecule has 0 spiro atoms. The number of halogens is 3. The number of methoxy groups -OCH3 is 1. The third-order valence-corrected chi connectivity index (χ3v) is 3.74. The first-order valence-electron chi connectivity index (χ1n) is 8.61. The van der Waals surface area contributed by atoms with Crippen LogP contribution in [0.2, 0.25) is 0 Å². The quantitative estimate of drug-likeness (QED) is 0.527. The minimum atomic E-state index is -4.50. The number of hydrogen-bond donors (Lipinski definition) is 1. The normalized spacial score (nSPS) is 12.2. The van der Waals surface area contributed by atoms with E-state index in [0.29, 0.717) is 5.75 Å². The van der Waals surface area contributed by atoms with Gasteiger partial charge in [0.1, 0.15) is 12.4 Å². The molecule has 2 rings (SSSR count). The van der Waals surface area contributed by atoms with Crippen LogP contribution in [0.3, 0.4) is 0 Å². The van der Waals surface area contributed by atoms with Gasteiger partial charge in [-0.05, 0) is 49.4 Å². The van der Waals surface area contributed by atoms with Gasteiger partial charge in [0.05, 0.1) is 12.2 Å². The summed E-state index contributed by atoms with van der Waals surface area (Å²) in [6.45, 7) is 1.90. The minimum absolute atomic E-state index is 0.0255. The van der Waals surface area contributed by atoms with E-state index in [1.165, 1.54) is 50.4 Å². The Balaban J connectivity index is 1.96. The molecular formula is C20H20F3NO5. The zero-order chi connectivity index (χ0) is 21.4. The van der Waals surface area contributed by atoms with Crippen LogP contribution < -0.4 is 10.1 Å². The average molecular weight is 411 g/mol. The van der Waals surface area contributed by atoms with Gasteiger partial charge in [-0.1, -0.05) is 6.07 Å². The molecule has 2 aromatic carbocycles. The van der Waals surface area contributed by atoms with Gasteiger partial charge in [-0.3, -0.25) is 4.79 Å². The van der Waals surface area contributed by atoms with Crippen molar-refractivity contribution in [2.75, 3.05) is 25.6 Å². The third kappa shape index (κ3) is 6.79. The summed E-state index contributed by atoms with van der Waals surface area (Å²) in [5.74, 6) is -0.812. The fraction of sp³-hybridized carbons (Fsp3) is 0.300. The van der Waals surface area contributed by atoms with Crippen LogP contribution in [0.25, 0.3) is 0 Å². The Bertz CT molecular complexity index is 837. The Morgan fingerprint density at radius 3 is 2.38 bits per heavy atom. The molecule has 0 aliphatic rings. The lowest BCUT2D eigenvalue weighted by Gasteiger charge is -2.14. The monoisotopic (exact) mass is 411 g/mol. The highest BCUT2D eigenvalue weighted by Crippen LogP contribution is 2.30. The summed E-state index contributed by atoms with van der Waals surface area (Å²) in [6.07, 6.45) is -5.36. The maximum atomic E-state index is 12.8. The fourth-order valence-corrected chi connectivity index (χ4v) is 2.26.